The van der Waals surface area contributed by atoms with Gasteiger partial charge < -0.3 is 19.5 Å². The van der Waals surface area contributed by atoms with Gasteiger partial charge in [-0.1, -0.05) is 18.6 Å². The van der Waals surface area contributed by atoms with Gasteiger partial charge in [-0.05, 0) is 68.8 Å². The van der Waals surface area contributed by atoms with Crippen LogP contribution in [0.1, 0.15) is 50.6 Å². The second kappa shape index (κ2) is 9.96. The highest BCUT2D eigenvalue weighted by atomic mass is 16.5. The van der Waals surface area contributed by atoms with E-state index < -0.39 is 0 Å². The minimum atomic E-state index is 0.206. The highest BCUT2D eigenvalue weighted by Crippen LogP contribution is 2.28. The van der Waals surface area contributed by atoms with E-state index >= 15 is 0 Å². The fourth-order valence-electron chi connectivity index (χ4n) is 4.91. The van der Waals surface area contributed by atoms with Crippen molar-refractivity contribution in [3.05, 3.63) is 60.8 Å². The first-order valence-electron chi connectivity index (χ1n) is 12.3. The molecule has 5 rings (SSSR count). The topological polar surface area (TPSA) is 55.2 Å². The van der Waals surface area contributed by atoms with E-state index in [4.69, 9.17) is 4.74 Å². The lowest BCUT2D eigenvalue weighted by Gasteiger charge is -2.36. The molecule has 0 radical (unpaired) electrons. The van der Waals surface area contributed by atoms with Crippen LogP contribution in [-0.4, -0.2) is 47.3 Å². The Labute approximate surface area is 197 Å². The van der Waals surface area contributed by atoms with Crippen molar-refractivity contribution in [3.8, 4) is 17.0 Å². The van der Waals surface area contributed by atoms with Crippen molar-refractivity contribution in [2.45, 2.75) is 51.1 Å². The molecule has 1 aliphatic carbocycles. The predicted octanol–water partition coefficient (Wildman–Crippen LogP) is 4.92. The van der Waals surface area contributed by atoms with Crippen molar-refractivity contribution in [1.29, 1.82) is 0 Å². The summed E-state index contributed by atoms with van der Waals surface area (Å²) in [6, 6.07) is 11.9. The third-order valence-corrected chi connectivity index (χ3v) is 7.38. The standard InChI is InChI=1S/C27H35N5O/c1-20(32-18-27(30-19-32)23-13-26(33-2)16-28-15-23)22-8-10-25(11-9-22)31-12-4-7-24(17-31)29-14-21-5-3-6-21/h8-11,13,15-16,18-21,24,29H,3-7,12,14,17H2,1-2H3. The van der Waals surface area contributed by atoms with Crippen LogP contribution in [0.2, 0.25) is 0 Å². The summed E-state index contributed by atoms with van der Waals surface area (Å²) in [5.41, 5.74) is 4.47. The first kappa shape index (κ1) is 22.0. The van der Waals surface area contributed by atoms with Gasteiger partial charge >= 0.3 is 0 Å². The SMILES string of the molecule is COc1cncc(-c2cn(C(C)c3ccc(N4CCCC(NCC5CCC5)C4)cc3)cn2)c1. The van der Waals surface area contributed by atoms with Crippen LogP contribution in [0.25, 0.3) is 11.3 Å². The number of benzene rings is 1. The first-order chi connectivity index (χ1) is 16.2. The monoisotopic (exact) mass is 445 g/mol. The third kappa shape index (κ3) is 5.06. The van der Waals surface area contributed by atoms with Crippen LogP contribution in [0.4, 0.5) is 5.69 Å². The summed E-state index contributed by atoms with van der Waals surface area (Å²) in [5, 5.41) is 3.83. The molecule has 0 bridgehead atoms. The minimum absolute atomic E-state index is 0.206. The summed E-state index contributed by atoms with van der Waals surface area (Å²) in [5.74, 6) is 1.66. The quantitative estimate of drug-likeness (QED) is 0.533. The van der Waals surface area contributed by atoms with Crippen LogP contribution in [0.3, 0.4) is 0 Å². The zero-order chi connectivity index (χ0) is 22.6. The molecular formula is C27H35N5O. The Morgan fingerprint density at radius 1 is 1.12 bits per heavy atom. The van der Waals surface area contributed by atoms with Gasteiger partial charge in [0, 0.05) is 42.8 Å². The fourth-order valence-corrected chi connectivity index (χ4v) is 4.91. The Balaban J connectivity index is 1.22. The summed E-state index contributed by atoms with van der Waals surface area (Å²) in [6.07, 6.45) is 14.3. The summed E-state index contributed by atoms with van der Waals surface area (Å²) in [4.78, 5) is 11.4. The number of methoxy groups -OCH3 is 1. The number of rotatable bonds is 8. The Kier molecular flexibility index (Phi) is 6.63. The number of nitrogens with one attached hydrogen (secondary N) is 1. The summed E-state index contributed by atoms with van der Waals surface area (Å²) in [7, 11) is 1.65. The van der Waals surface area contributed by atoms with Crippen molar-refractivity contribution in [2.75, 3.05) is 31.6 Å². The van der Waals surface area contributed by atoms with Gasteiger partial charge in [0.25, 0.3) is 0 Å². The second-order valence-corrected chi connectivity index (χ2v) is 9.58. The lowest BCUT2D eigenvalue weighted by Crippen LogP contribution is -2.47. The number of ether oxygens (including phenoxy) is 1. The molecule has 2 fully saturated rings. The molecule has 0 spiro atoms. The van der Waals surface area contributed by atoms with Crippen LogP contribution < -0.4 is 15.0 Å². The van der Waals surface area contributed by atoms with Crippen LogP contribution in [0.5, 0.6) is 5.75 Å². The lowest BCUT2D eigenvalue weighted by atomic mass is 9.85. The predicted molar refractivity (Wildman–Crippen MR) is 133 cm³/mol. The van der Waals surface area contributed by atoms with E-state index in [-0.39, 0.29) is 6.04 Å². The van der Waals surface area contributed by atoms with Crippen molar-refractivity contribution < 1.29 is 4.74 Å². The van der Waals surface area contributed by atoms with Crippen molar-refractivity contribution in [2.24, 2.45) is 5.92 Å². The average molecular weight is 446 g/mol. The van der Waals surface area contributed by atoms with E-state index in [0.717, 1.165) is 36.0 Å². The van der Waals surface area contributed by atoms with Crippen LogP contribution in [0, 0.1) is 5.92 Å². The molecule has 1 N–H and O–H groups in total. The number of pyridine rings is 1. The molecule has 6 nitrogen and oxygen atoms in total. The van der Waals surface area contributed by atoms with Crippen LogP contribution in [-0.2, 0) is 0 Å². The number of imidazole rings is 1. The van der Waals surface area contributed by atoms with Gasteiger partial charge in [0.2, 0.25) is 0 Å². The third-order valence-electron chi connectivity index (χ3n) is 7.38. The molecule has 2 atom stereocenters. The lowest BCUT2D eigenvalue weighted by molar-refractivity contribution is 0.280. The summed E-state index contributed by atoms with van der Waals surface area (Å²) in [6.45, 7) is 5.68. The highest BCUT2D eigenvalue weighted by molar-refractivity contribution is 5.59. The molecule has 1 saturated heterocycles. The Morgan fingerprint density at radius 2 is 1.97 bits per heavy atom. The van der Waals surface area contributed by atoms with Gasteiger partial charge in [0.15, 0.2) is 0 Å². The molecule has 33 heavy (non-hydrogen) atoms. The fraction of sp³-hybridized carbons (Fsp3) is 0.481. The molecule has 1 saturated carbocycles. The van der Waals surface area contributed by atoms with Gasteiger partial charge in [-0.25, -0.2) is 4.98 Å². The first-order valence-corrected chi connectivity index (χ1v) is 12.3. The number of piperidine rings is 1. The van der Waals surface area contributed by atoms with Gasteiger partial charge in [-0.2, -0.15) is 0 Å². The molecule has 1 aromatic carbocycles. The minimum Gasteiger partial charge on any atom is -0.495 e. The van der Waals surface area contributed by atoms with Crippen LogP contribution in [0.15, 0.2) is 55.2 Å². The Hall–Kier alpha value is -2.86. The van der Waals surface area contributed by atoms with Crippen molar-refractivity contribution in [1.82, 2.24) is 19.9 Å². The molecule has 2 aliphatic rings. The number of hydrogen-bond acceptors (Lipinski definition) is 5. The second-order valence-electron chi connectivity index (χ2n) is 9.58. The number of anilines is 1. The van der Waals surface area contributed by atoms with Crippen LogP contribution >= 0.6 is 0 Å². The van der Waals surface area contributed by atoms with Gasteiger partial charge in [0.1, 0.15) is 5.75 Å². The van der Waals surface area contributed by atoms with E-state index in [1.54, 1.807) is 13.3 Å². The van der Waals surface area contributed by atoms with E-state index in [0.29, 0.717) is 6.04 Å². The molecule has 2 unspecified atom stereocenters. The maximum absolute atomic E-state index is 5.29. The molecule has 1 aliphatic heterocycles. The molecule has 3 heterocycles. The van der Waals surface area contributed by atoms with Gasteiger partial charge in [-0.3, -0.25) is 4.98 Å². The number of aromatic nitrogens is 3. The van der Waals surface area contributed by atoms with Crippen molar-refractivity contribution >= 4 is 5.69 Å². The largest absolute Gasteiger partial charge is 0.495 e. The molecular weight excluding hydrogens is 410 g/mol. The van der Waals surface area contributed by atoms with Gasteiger partial charge in [0.05, 0.1) is 31.4 Å². The number of hydrogen-bond donors (Lipinski definition) is 1. The maximum Gasteiger partial charge on any atom is 0.137 e. The normalized spacial score (nSPS) is 19.8. The Morgan fingerprint density at radius 3 is 2.73 bits per heavy atom. The molecule has 0 amide bonds. The zero-order valence-corrected chi connectivity index (χ0v) is 19.8. The Bertz CT molecular complexity index is 1040. The van der Waals surface area contributed by atoms with E-state index in [1.807, 2.05) is 18.6 Å². The number of nitrogens with zero attached hydrogens (tertiary/aromatic N) is 4. The van der Waals surface area contributed by atoms with E-state index in [2.05, 4.69) is 62.1 Å². The van der Waals surface area contributed by atoms with Gasteiger partial charge in [-0.15, -0.1) is 0 Å². The molecule has 6 heteroatoms. The van der Waals surface area contributed by atoms with E-state index in [1.165, 1.54) is 49.9 Å². The average Bonchev–Trinajstić information content (AvgIpc) is 3.33. The van der Waals surface area contributed by atoms with E-state index in [9.17, 15) is 0 Å². The summed E-state index contributed by atoms with van der Waals surface area (Å²) < 4.78 is 7.45. The smallest absolute Gasteiger partial charge is 0.137 e. The molecule has 3 aromatic rings. The zero-order valence-electron chi connectivity index (χ0n) is 19.8. The molecule has 174 valence electrons. The maximum atomic E-state index is 5.29. The van der Waals surface area contributed by atoms with Crippen molar-refractivity contribution in [3.63, 3.8) is 0 Å². The highest BCUT2D eigenvalue weighted by Gasteiger charge is 2.23. The molecule has 2 aromatic heterocycles. The summed E-state index contributed by atoms with van der Waals surface area (Å²) >= 11 is 0.